The van der Waals surface area contributed by atoms with Crippen molar-refractivity contribution in [1.29, 1.82) is 0 Å². The van der Waals surface area contributed by atoms with Crippen molar-refractivity contribution in [1.82, 2.24) is 0 Å². The molecule has 0 aromatic heterocycles. The Bertz CT molecular complexity index is 2000. The number of fused-ring (bicyclic) bond motifs is 10. The molecule has 2 aliphatic rings. The van der Waals surface area contributed by atoms with Crippen LogP contribution in [0.25, 0.3) is 22.3 Å². The smallest absolute Gasteiger partial charge is 0.150 e. The average molecular weight is 556 g/mol. The lowest BCUT2D eigenvalue weighted by Gasteiger charge is -2.31. The summed E-state index contributed by atoms with van der Waals surface area (Å²) in [6.07, 6.45) is 0. The van der Waals surface area contributed by atoms with E-state index in [4.69, 9.17) is 0 Å². The van der Waals surface area contributed by atoms with Crippen LogP contribution in [0.1, 0.15) is 22.3 Å². The molecule has 0 unspecified atom stereocenters. The lowest BCUT2D eigenvalue weighted by atomic mass is 9.70. The molecule has 0 bridgehead atoms. The first-order valence-corrected chi connectivity index (χ1v) is 13.6. The predicted octanol–water partition coefficient (Wildman–Crippen LogP) is 10.1. The first-order valence-electron chi connectivity index (χ1n) is 13.6. The summed E-state index contributed by atoms with van der Waals surface area (Å²) >= 11 is 0. The van der Waals surface area contributed by atoms with Crippen LogP contribution in [0.2, 0.25) is 0 Å². The third-order valence-corrected chi connectivity index (χ3v) is 8.50. The molecule has 0 N–H and O–H groups in total. The van der Waals surface area contributed by atoms with E-state index in [1.54, 1.807) is 0 Å². The first-order chi connectivity index (χ1) is 20.5. The van der Waals surface area contributed by atoms with Gasteiger partial charge in [-0.3, -0.25) is 0 Å². The van der Waals surface area contributed by atoms with Gasteiger partial charge >= 0.3 is 0 Å². The van der Waals surface area contributed by atoms with E-state index in [1.165, 1.54) is 11.0 Å². The maximum atomic E-state index is 15.5. The van der Waals surface area contributed by atoms with E-state index in [1.807, 2.05) is 54.6 Å². The second-order valence-corrected chi connectivity index (χ2v) is 10.6. The summed E-state index contributed by atoms with van der Waals surface area (Å²) in [5.74, 6) is -3.21. The van der Waals surface area contributed by atoms with Crippen LogP contribution in [-0.2, 0) is 5.41 Å². The van der Waals surface area contributed by atoms with Crippen molar-refractivity contribution in [3.05, 3.63) is 173 Å². The zero-order valence-corrected chi connectivity index (χ0v) is 22.1. The molecule has 0 amide bonds. The molecule has 1 spiro atoms. The van der Waals surface area contributed by atoms with Crippen LogP contribution in [0, 0.1) is 23.3 Å². The Labute approximate surface area is 239 Å². The highest BCUT2D eigenvalue weighted by Gasteiger charge is 2.52. The van der Waals surface area contributed by atoms with Crippen LogP contribution in [0.15, 0.2) is 127 Å². The Hall–Kier alpha value is -5.16. The molecule has 8 rings (SSSR count). The molecule has 0 fully saturated rings. The topological polar surface area (TPSA) is 3.24 Å². The standard InChI is InChI=1S/C37H21F4N/c38-22-16-17-34(33(41)21-22)42(25-19-23(39)18-24(40)20-25)35-15-7-14-32-36(35)28-10-3-6-13-31(28)37(32)29-11-4-1-8-26(29)27-9-2-5-12-30(27)37/h1-21H. The molecule has 0 atom stereocenters. The molecule has 0 saturated carbocycles. The molecule has 42 heavy (non-hydrogen) atoms. The van der Waals surface area contributed by atoms with Gasteiger partial charge in [-0.05, 0) is 69.3 Å². The van der Waals surface area contributed by atoms with E-state index in [-0.39, 0.29) is 11.4 Å². The van der Waals surface area contributed by atoms with E-state index >= 15 is 4.39 Å². The van der Waals surface area contributed by atoms with E-state index in [0.29, 0.717) is 5.69 Å². The number of nitrogens with zero attached hydrogens (tertiary/aromatic N) is 1. The second-order valence-electron chi connectivity index (χ2n) is 10.6. The maximum absolute atomic E-state index is 15.5. The summed E-state index contributed by atoms with van der Waals surface area (Å²) in [4.78, 5) is 1.47. The molecule has 2 aliphatic carbocycles. The summed E-state index contributed by atoms with van der Waals surface area (Å²) in [5, 5.41) is 0. The summed E-state index contributed by atoms with van der Waals surface area (Å²) in [6.45, 7) is 0. The van der Waals surface area contributed by atoms with Crippen molar-refractivity contribution in [2.45, 2.75) is 5.41 Å². The van der Waals surface area contributed by atoms with Crippen LogP contribution in [0.5, 0.6) is 0 Å². The summed E-state index contributed by atoms with van der Waals surface area (Å²) in [7, 11) is 0. The van der Waals surface area contributed by atoms with Crippen molar-refractivity contribution < 1.29 is 17.6 Å². The van der Waals surface area contributed by atoms with Gasteiger partial charge in [-0.15, -0.1) is 0 Å². The van der Waals surface area contributed by atoms with Gasteiger partial charge in [0.05, 0.1) is 22.5 Å². The molecule has 5 heteroatoms. The van der Waals surface area contributed by atoms with Gasteiger partial charge in [0.15, 0.2) is 0 Å². The third-order valence-electron chi connectivity index (χ3n) is 8.50. The fourth-order valence-electron chi connectivity index (χ4n) is 7.05. The molecule has 0 saturated heterocycles. The molecular formula is C37H21F4N. The number of rotatable bonds is 3. The van der Waals surface area contributed by atoms with Gasteiger partial charge in [0.2, 0.25) is 0 Å². The third kappa shape index (κ3) is 3.25. The zero-order chi connectivity index (χ0) is 28.6. The number of hydrogen-bond acceptors (Lipinski definition) is 1. The Morgan fingerprint density at radius 3 is 1.60 bits per heavy atom. The molecule has 6 aromatic rings. The highest BCUT2D eigenvalue weighted by atomic mass is 19.1. The Kier molecular flexibility index (Phi) is 5.23. The van der Waals surface area contributed by atoms with Crippen molar-refractivity contribution >= 4 is 17.1 Å². The maximum Gasteiger partial charge on any atom is 0.150 e. The van der Waals surface area contributed by atoms with Crippen LogP contribution < -0.4 is 4.90 Å². The molecule has 1 nitrogen and oxygen atoms in total. The normalized spacial score (nSPS) is 13.4. The molecule has 0 radical (unpaired) electrons. The van der Waals surface area contributed by atoms with Crippen molar-refractivity contribution in [2.24, 2.45) is 0 Å². The van der Waals surface area contributed by atoms with E-state index in [0.717, 1.165) is 74.8 Å². The minimum atomic E-state index is -0.852. The lowest BCUT2D eigenvalue weighted by Crippen LogP contribution is -2.26. The fraction of sp³-hybridized carbons (Fsp3) is 0.0270. The van der Waals surface area contributed by atoms with Crippen LogP contribution in [0.3, 0.4) is 0 Å². The summed E-state index contributed by atoms with van der Waals surface area (Å²) in [6, 6.07) is 36.9. The van der Waals surface area contributed by atoms with E-state index in [9.17, 15) is 13.2 Å². The van der Waals surface area contributed by atoms with Crippen molar-refractivity contribution in [2.75, 3.05) is 4.90 Å². The second kappa shape index (κ2) is 8.92. The number of anilines is 3. The van der Waals surface area contributed by atoms with Crippen molar-refractivity contribution in [3.63, 3.8) is 0 Å². The lowest BCUT2D eigenvalue weighted by molar-refractivity contribution is 0.579. The minimum absolute atomic E-state index is 0.0274. The van der Waals surface area contributed by atoms with Gasteiger partial charge in [0.25, 0.3) is 0 Å². The molecule has 202 valence electrons. The SMILES string of the molecule is Fc1cc(F)cc(N(c2ccc(F)cc2F)c2cccc3c2-c2ccccc2C32c3ccccc3-c3ccccc32)c1. The zero-order valence-electron chi connectivity index (χ0n) is 22.1. The van der Waals surface area contributed by atoms with Gasteiger partial charge in [-0.1, -0.05) is 84.9 Å². The highest BCUT2D eigenvalue weighted by molar-refractivity contribution is 6.01. The average Bonchev–Trinajstić information content (AvgIpc) is 3.46. The highest BCUT2D eigenvalue weighted by Crippen LogP contribution is 2.64. The Morgan fingerprint density at radius 1 is 0.429 bits per heavy atom. The van der Waals surface area contributed by atoms with Gasteiger partial charge in [-0.2, -0.15) is 0 Å². The van der Waals surface area contributed by atoms with Gasteiger partial charge < -0.3 is 4.90 Å². The predicted molar refractivity (Wildman–Crippen MR) is 157 cm³/mol. The molecule has 6 aromatic carbocycles. The van der Waals surface area contributed by atoms with Gasteiger partial charge in [0.1, 0.15) is 23.3 Å². The van der Waals surface area contributed by atoms with Gasteiger partial charge in [-0.25, -0.2) is 17.6 Å². The van der Waals surface area contributed by atoms with Gasteiger partial charge in [0, 0.05) is 17.7 Å². The molecule has 0 aliphatic heterocycles. The first kappa shape index (κ1) is 24.6. The Morgan fingerprint density at radius 2 is 0.976 bits per heavy atom. The van der Waals surface area contributed by atoms with Crippen molar-refractivity contribution in [3.8, 4) is 22.3 Å². The monoisotopic (exact) mass is 555 g/mol. The van der Waals surface area contributed by atoms with E-state index in [2.05, 4.69) is 36.4 Å². The largest absolute Gasteiger partial charge is 0.307 e. The Balaban J connectivity index is 1.50. The van der Waals surface area contributed by atoms with Crippen LogP contribution >= 0.6 is 0 Å². The summed E-state index contributed by atoms with van der Waals surface area (Å²) in [5.41, 5.74) is 8.23. The van der Waals surface area contributed by atoms with E-state index < -0.39 is 28.7 Å². The number of halogens is 4. The van der Waals surface area contributed by atoms with Crippen LogP contribution in [-0.4, -0.2) is 0 Å². The number of hydrogen-bond donors (Lipinski definition) is 0. The number of benzene rings is 6. The fourth-order valence-corrected chi connectivity index (χ4v) is 7.05. The van der Waals surface area contributed by atoms with Crippen LogP contribution in [0.4, 0.5) is 34.6 Å². The summed E-state index contributed by atoms with van der Waals surface area (Å²) < 4.78 is 58.9. The quantitative estimate of drug-likeness (QED) is 0.196. The molecule has 0 heterocycles. The molecular weight excluding hydrogens is 534 g/mol. The minimum Gasteiger partial charge on any atom is -0.307 e.